The Hall–Kier alpha value is -3.48. The van der Waals surface area contributed by atoms with Gasteiger partial charge in [-0.25, -0.2) is 4.79 Å². The summed E-state index contributed by atoms with van der Waals surface area (Å²) in [5.41, 5.74) is -0.102. The average molecular weight is 310 g/mol. The van der Waals surface area contributed by atoms with Gasteiger partial charge in [-0.05, 0) is 29.8 Å². The first kappa shape index (κ1) is 14.5. The van der Waals surface area contributed by atoms with Crippen LogP contribution in [0.3, 0.4) is 0 Å². The van der Waals surface area contributed by atoms with E-state index in [2.05, 4.69) is 4.98 Å². The summed E-state index contributed by atoms with van der Waals surface area (Å²) in [6, 6.07) is 11.9. The molecule has 23 heavy (non-hydrogen) atoms. The number of aromatic amines is 1. The molecule has 7 heteroatoms. The van der Waals surface area contributed by atoms with Gasteiger partial charge in [0.1, 0.15) is 5.56 Å². The number of carboxylic acids is 1. The largest absolute Gasteiger partial charge is 0.477 e. The summed E-state index contributed by atoms with van der Waals surface area (Å²) < 4.78 is 0. The van der Waals surface area contributed by atoms with Gasteiger partial charge in [0, 0.05) is 23.0 Å². The van der Waals surface area contributed by atoms with Crippen LogP contribution < -0.4 is 5.43 Å². The lowest BCUT2D eigenvalue weighted by molar-refractivity contribution is -0.384. The number of nitrogens with one attached hydrogen (secondary N) is 1. The van der Waals surface area contributed by atoms with Crippen LogP contribution in [-0.2, 0) is 0 Å². The monoisotopic (exact) mass is 310 g/mol. The minimum Gasteiger partial charge on any atom is -0.477 e. The van der Waals surface area contributed by atoms with Gasteiger partial charge >= 0.3 is 5.97 Å². The third-order valence-corrected chi connectivity index (χ3v) is 3.49. The van der Waals surface area contributed by atoms with E-state index in [-0.39, 0.29) is 16.8 Å². The van der Waals surface area contributed by atoms with Gasteiger partial charge in [0.05, 0.1) is 10.6 Å². The molecule has 0 atom stereocenters. The normalized spacial score (nSPS) is 10.6. The van der Waals surface area contributed by atoms with Crippen LogP contribution in [0.4, 0.5) is 5.69 Å². The molecule has 0 bridgehead atoms. The Kier molecular flexibility index (Phi) is 3.38. The molecule has 0 amide bonds. The fourth-order valence-electron chi connectivity index (χ4n) is 2.41. The minimum absolute atomic E-state index is 0.117. The van der Waals surface area contributed by atoms with E-state index in [9.17, 15) is 24.8 Å². The maximum atomic E-state index is 12.4. The molecule has 7 nitrogen and oxygen atoms in total. The zero-order valence-electron chi connectivity index (χ0n) is 11.6. The summed E-state index contributed by atoms with van der Waals surface area (Å²) in [7, 11) is 0. The fraction of sp³-hybridized carbons (Fsp3) is 0. The maximum Gasteiger partial charge on any atom is 0.341 e. The highest BCUT2D eigenvalue weighted by molar-refractivity contribution is 5.99. The number of non-ortho nitro benzene ring substituents is 1. The Labute approximate surface area is 129 Å². The number of hydrogen-bond acceptors (Lipinski definition) is 4. The van der Waals surface area contributed by atoms with Crippen molar-refractivity contribution in [3.8, 4) is 11.3 Å². The molecule has 0 saturated heterocycles. The molecule has 3 aromatic rings. The lowest BCUT2D eigenvalue weighted by Gasteiger charge is -2.08. The molecule has 0 radical (unpaired) electrons. The molecule has 0 spiro atoms. The number of fused-ring (bicyclic) bond motifs is 1. The van der Waals surface area contributed by atoms with E-state index in [0.717, 1.165) is 0 Å². The lowest BCUT2D eigenvalue weighted by Crippen LogP contribution is -2.18. The van der Waals surface area contributed by atoms with E-state index >= 15 is 0 Å². The van der Waals surface area contributed by atoms with Crippen molar-refractivity contribution in [1.29, 1.82) is 0 Å². The molecule has 2 aromatic carbocycles. The number of rotatable bonds is 3. The first-order chi connectivity index (χ1) is 11.0. The molecule has 114 valence electrons. The number of pyridine rings is 1. The highest BCUT2D eigenvalue weighted by Crippen LogP contribution is 2.24. The zero-order chi connectivity index (χ0) is 16.6. The summed E-state index contributed by atoms with van der Waals surface area (Å²) in [5.74, 6) is -1.36. The Morgan fingerprint density at radius 2 is 1.74 bits per heavy atom. The molecular weight excluding hydrogens is 300 g/mol. The third kappa shape index (κ3) is 2.44. The molecule has 0 unspecified atom stereocenters. The van der Waals surface area contributed by atoms with Crippen molar-refractivity contribution in [1.82, 2.24) is 4.98 Å². The minimum atomic E-state index is -1.36. The Balaban J connectivity index is 2.31. The van der Waals surface area contributed by atoms with Gasteiger partial charge in [-0.1, -0.05) is 12.1 Å². The SMILES string of the molecule is O=C(O)c1c(-c2ccc([N+](=O)[O-])cc2)[nH]c2ccccc2c1=O. The summed E-state index contributed by atoms with van der Waals surface area (Å²) >= 11 is 0. The van der Waals surface area contributed by atoms with Crippen LogP contribution in [0.1, 0.15) is 10.4 Å². The van der Waals surface area contributed by atoms with Gasteiger partial charge in [-0.3, -0.25) is 14.9 Å². The van der Waals surface area contributed by atoms with Crippen molar-refractivity contribution < 1.29 is 14.8 Å². The van der Waals surface area contributed by atoms with Gasteiger partial charge in [0.2, 0.25) is 5.43 Å². The summed E-state index contributed by atoms with van der Waals surface area (Å²) in [5, 5.41) is 20.4. The molecule has 3 rings (SSSR count). The average Bonchev–Trinajstić information content (AvgIpc) is 2.54. The number of para-hydroxylation sites is 1. The number of H-pyrrole nitrogens is 1. The van der Waals surface area contributed by atoms with Gasteiger partial charge < -0.3 is 10.1 Å². The van der Waals surface area contributed by atoms with Crippen LogP contribution in [0.5, 0.6) is 0 Å². The van der Waals surface area contributed by atoms with Crippen molar-refractivity contribution in [2.45, 2.75) is 0 Å². The predicted molar refractivity (Wildman–Crippen MR) is 83.6 cm³/mol. The second kappa shape index (κ2) is 5.38. The molecule has 0 aliphatic heterocycles. The third-order valence-electron chi connectivity index (χ3n) is 3.49. The van der Waals surface area contributed by atoms with Crippen LogP contribution in [0, 0.1) is 10.1 Å². The van der Waals surface area contributed by atoms with Crippen molar-refractivity contribution >= 4 is 22.6 Å². The molecule has 0 saturated carbocycles. The van der Waals surface area contributed by atoms with Gasteiger partial charge in [-0.15, -0.1) is 0 Å². The van der Waals surface area contributed by atoms with Crippen LogP contribution >= 0.6 is 0 Å². The molecule has 1 heterocycles. The topological polar surface area (TPSA) is 113 Å². The van der Waals surface area contributed by atoms with E-state index in [0.29, 0.717) is 11.1 Å². The predicted octanol–water partition coefficient (Wildman–Crippen LogP) is 2.80. The Bertz CT molecular complexity index is 990. The number of aromatic nitrogens is 1. The van der Waals surface area contributed by atoms with Gasteiger partial charge in [-0.2, -0.15) is 0 Å². The van der Waals surface area contributed by atoms with Crippen molar-refractivity contribution in [2.75, 3.05) is 0 Å². The number of hydrogen-bond donors (Lipinski definition) is 2. The van der Waals surface area contributed by atoms with E-state index < -0.39 is 21.9 Å². The maximum absolute atomic E-state index is 12.4. The van der Waals surface area contributed by atoms with Crippen LogP contribution in [0.25, 0.3) is 22.2 Å². The highest BCUT2D eigenvalue weighted by Gasteiger charge is 2.19. The Morgan fingerprint density at radius 3 is 2.35 bits per heavy atom. The van der Waals surface area contributed by atoms with Crippen molar-refractivity contribution in [3.63, 3.8) is 0 Å². The van der Waals surface area contributed by atoms with Crippen LogP contribution in [-0.4, -0.2) is 21.0 Å². The smallest absolute Gasteiger partial charge is 0.341 e. The molecule has 0 fully saturated rings. The molecular formula is C16H10N2O5. The van der Waals surface area contributed by atoms with E-state index in [1.54, 1.807) is 24.3 Å². The first-order valence-corrected chi connectivity index (χ1v) is 6.62. The van der Waals surface area contributed by atoms with Crippen molar-refractivity contribution in [3.05, 3.63) is 74.4 Å². The molecule has 0 aliphatic carbocycles. The lowest BCUT2D eigenvalue weighted by atomic mass is 10.0. The van der Waals surface area contributed by atoms with E-state index in [4.69, 9.17) is 0 Å². The summed E-state index contributed by atoms with van der Waals surface area (Å²) in [6.07, 6.45) is 0. The molecule has 0 aliphatic rings. The van der Waals surface area contributed by atoms with Gasteiger partial charge in [0.25, 0.3) is 5.69 Å². The van der Waals surface area contributed by atoms with Crippen molar-refractivity contribution in [2.24, 2.45) is 0 Å². The van der Waals surface area contributed by atoms with Crippen LogP contribution in [0.15, 0.2) is 53.3 Å². The number of nitro benzene ring substituents is 1. The number of benzene rings is 2. The Morgan fingerprint density at radius 1 is 1.09 bits per heavy atom. The second-order valence-corrected chi connectivity index (χ2v) is 4.86. The molecule has 2 N–H and O–H groups in total. The number of nitro groups is 1. The number of carbonyl (C=O) groups is 1. The quantitative estimate of drug-likeness (QED) is 0.570. The summed E-state index contributed by atoms with van der Waals surface area (Å²) in [6.45, 7) is 0. The fourth-order valence-corrected chi connectivity index (χ4v) is 2.41. The number of aromatic carboxylic acids is 1. The molecule has 1 aromatic heterocycles. The van der Waals surface area contributed by atoms with E-state index in [1.165, 1.54) is 24.3 Å². The number of carboxylic acid groups (broad SMARTS) is 1. The zero-order valence-corrected chi connectivity index (χ0v) is 11.6. The second-order valence-electron chi connectivity index (χ2n) is 4.86. The number of nitrogens with zero attached hydrogens (tertiary/aromatic N) is 1. The standard InChI is InChI=1S/C16H10N2O5/c19-15-11-3-1-2-4-12(11)17-14(13(15)16(20)21)9-5-7-10(8-6-9)18(22)23/h1-8H,(H,17,19)(H,20,21). The first-order valence-electron chi connectivity index (χ1n) is 6.62. The van der Waals surface area contributed by atoms with E-state index in [1.807, 2.05) is 0 Å². The highest BCUT2D eigenvalue weighted by atomic mass is 16.6. The van der Waals surface area contributed by atoms with Crippen LogP contribution in [0.2, 0.25) is 0 Å². The summed E-state index contributed by atoms with van der Waals surface area (Å²) in [4.78, 5) is 37.0. The van der Waals surface area contributed by atoms with Gasteiger partial charge in [0.15, 0.2) is 0 Å².